The molecule has 1 fully saturated rings. The molecule has 80 valence electrons. The van der Waals surface area contributed by atoms with Crippen LogP contribution in [0.4, 0.5) is 0 Å². The molecule has 0 atom stereocenters. The van der Waals surface area contributed by atoms with Gasteiger partial charge in [0.25, 0.3) is 0 Å². The summed E-state index contributed by atoms with van der Waals surface area (Å²) in [7, 11) is 2.07. The molecular weight excluding hydrogens is 166 g/mol. The van der Waals surface area contributed by atoms with E-state index in [0.717, 1.165) is 26.2 Å². The summed E-state index contributed by atoms with van der Waals surface area (Å²) in [5.74, 6) is 0. The third kappa shape index (κ3) is 6.02. The maximum atomic E-state index is 8.53. The Bertz CT molecular complexity index is 105. The number of hydrogen-bond acceptors (Lipinski definition) is 3. The lowest BCUT2D eigenvalue weighted by Crippen LogP contribution is -2.47. The lowest BCUT2D eigenvalue weighted by atomic mass is 10.2. The first-order chi connectivity index (χ1) is 6.26. The van der Waals surface area contributed by atoms with Crippen LogP contribution in [-0.2, 0) is 4.74 Å². The van der Waals surface area contributed by atoms with Crippen molar-refractivity contribution in [2.75, 3.05) is 33.4 Å². The number of aliphatic hydroxyl groups is 1. The molecule has 0 aromatic rings. The van der Waals surface area contributed by atoms with Gasteiger partial charge in [-0.2, -0.15) is 0 Å². The molecule has 0 aromatic heterocycles. The zero-order valence-corrected chi connectivity index (χ0v) is 9.12. The van der Waals surface area contributed by atoms with Gasteiger partial charge < -0.3 is 9.84 Å². The molecular formula is C10H23NO2. The number of nitrogens with zero attached hydrogens (tertiary/aromatic N) is 1. The Morgan fingerprint density at radius 3 is 2.23 bits per heavy atom. The maximum absolute atomic E-state index is 8.53. The summed E-state index contributed by atoms with van der Waals surface area (Å²) in [6, 6.07) is 0.603. The predicted molar refractivity (Wildman–Crippen MR) is 54.9 cm³/mol. The van der Waals surface area contributed by atoms with Crippen LogP contribution in [0.15, 0.2) is 0 Å². The zero-order valence-electron chi connectivity index (χ0n) is 9.12. The van der Waals surface area contributed by atoms with Crippen LogP contribution < -0.4 is 0 Å². The second-order valence-corrected chi connectivity index (χ2v) is 3.46. The molecule has 0 aliphatic carbocycles. The van der Waals surface area contributed by atoms with Crippen LogP contribution in [0.2, 0.25) is 0 Å². The van der Waals surface area contributed by atoms with E-state index >= 15 is 0 Å². The van der Waals surface area contributed by atoms with Crippen molar-refractivity contribution >= 4 is 0 Å². The molecule has 3 nitrogen and oxygen atoms in total. The van der Waals surface area contributed by atoms with Crippen molar-refractivity contribution in [1.82, 2.24) is 4.90 Å². The Morgan fingerprint density at radius 2 is 1.92 bits per heavy atom. The Hall–Kier alpha value is -0.120. The molecule has 1 aliphatic rings. The molecule has 1 N–H and O–H groups in total. The predicted octanol–water partition coefficient (Wildman–Crippen LogP) is 1.12. The fourth-order valence-corrected chi connectivity index (χ4v) is 0.980. The largest absolute Gasteiger partial charge is 0.396 e. The monoisotopic (exact) mass is 189 g/mol. The Kier molecular flexibility index (Phi) is 8.40. The fraction of sp³-hybridized carbons (Fsp3) is 1.00. The van der Waals surface area contributed by atoms with E-state index in [4.69, 9.17) is 9.84 Å². The van der Waals surface area contributed by atoms with E-state index in [1.807, 2.05) is 0 Å². The van der Waals surface area contributed by atoms with E-state index in [0.29, 0.717) is 6.04 Å². The summed E-state index contributed by atoms with van der Waals surface area (Å²) in [6.07, 6.45) is 2.12. The van der Waals surface area contributed by atoms with Gasteiger partial charge in [0.2, 0.25) is 0 Å². The van der Waals surface area contributed by atoms with Gasteiger partial charge >= 0.3 is 0 Å². The van der Waals surface area contributed by atoms with Crippen molar-refractivity contribution in [2.45, 2.75) is 32.7 Å². The Morgan fingerprint density at radius 1 is 1.38 bits per heavy atom. The SMILES string of the molecule is CCC.CN(CCCO)C1COC1. The smallest absolute Gasteiger partial charge is 0.0645 e. The minimum absolute atomic E-state index is 0.290. The van der Waals surface area contributed by atoms with E-state index in [9.17, 15) is 0 Å². The highest BCUT2D eigenvalue weighted by Gasteiger charge is 2.21. The van der Waals surface area contributed by atoms with Gasteiger partial charge in [-0.25, -0.2) is 0 Å². The van der Waals surface area contributed by atoms with Crippen LogP contribution >= 0.6 is 0 Å². The molecule has 3 heteroatoms. The highest BCUT2D eigenvalue weighted by atomic mass is 16.5. The highest BCUT2D eigenvalue weighted by Crippen LogP contribution is 2.07. The van der Waals surface area contributed by atoms with Gasteiger partial charge in [0, 0.05) is 13.2 Å². The van der Waals surface area contributed by atoms with E-state index < -0.39 is 0 Å². The summed E-state index contributed by atoms with van der Waals surface area (Å²) in [5.41, 5.74) is 0. The quantitative estimate of drug-likeness (QED) is 0.719. The average molecular weight is 189 g/mol. The Balaban J connectivity index is 0.000000424. The van der Waals surface area contributed by atoms with E-state index in [-0.39, 0.29) is 6.61 Å². The fourth-order valence-electron chi connectivity index (χ4n) is 0.980. The molecule has 0 aromatic carbocycles. The van der Waals surface area contributed by atoms with E-state index in [1.54, 1.807) is 0 Å². The summed E-state index contributed by atoms with van der Waals surface area (Å²) in [6.45, 7) is 7.24. The van der Waals surface area contributed by atoms with Crippen molar-refractivity contribution < 1.29 is 9.84 Å². The highest BCUT2D eigenvalue weighted by molar-refractivity contribution is 4.74. The Labute approximate surface area is 81.7 Å². The van der Waals surface area contributed by atoms with Crippen LogP contribution in [-0.4, -0.2) is 49.5 Å². The van der Waals surface area contributed by atoms with Crippen molar-refractivity contribution in [2.24, 2.45) is 0 Å². The first-order valence-electron chi connectivity index (χ1n) is 5.15. The van der Waals surface area contributed by atoms with Gasteiger partial charge in [-0.05, 0) is 13.5 Å². The van der Waals surface area contributed by atoms with Crippen LogP contribution in [0, 0.1) is 0 Å². The molecule has 0 spiro atoms. The molecule has 0 amide bonds. The molecule has 0 bridgehead atoms. The van der Waals surface area contributed by atoms with Gasteiger partial charge in [0.1, 0.15) is 0 Å². The van der Waals surface area contributed by atoms with Crippen LogP contribution in [0.5, 0.6) is 0 Å². The van der Waals surface area contributed by atoms with Gasteiger partial charge in [-0.15, -0.1) is 0 Å². The summed E-state index contributed by atoms with van der Waals surface area (Å²) in [5, 5.41) is 8.53. The van der Waals surface area contributed by atoms with Gasteiger partial charge in [-0.1, -0.05) is 20.3 Å². The lowest BCUT2D eigenvalue weighted by Gasteiger charge is -2.34. The second kappa shape index (κ2) is 8.48. The number of hydrogen-bond donors (Lipinski definition) is 1. The number of rotatable bonds is 4. The van der Waals surface area contributed by atoms with Crippen LogP contribution in [0.3, 0.4) is 0 Å². The van der Waals surface area contributed by atoms with Crippen molar-refractivity contribution in [3.63, 3.8) is 0 Å². The van der Waals surface area contributed by atoms with E-state index in [2.05, 4.69) is 25.8 Å². The topological polar surface area (TPSA) is 32.7 Å². The summed E-state index contributed by atoms with van der Waals surface area (Å²) in [4.78, 5) is 2.24. The molecule has 0 unspecified atom stereocenters. The normalized spacial score (nSPS) is 16.4. The van der Waals surface area contributed by atoms with Gasteiger partial charge in [0.15, 0.2) is 0 Å². The summed E-state index contributed by atoms with van der Waals surface area (Å²) >= 11 is 0. The molecule has 1 aliphatic heterocycles. The average Bonchev–Trinajstić information content (AvgIpc) is 1.99. The minimum Gasteiger partial charge on any atom is -0.396 e. The number of likely N-dealkylation sites (N-methyl/N-ethyl adjacent to an activating group) is 1. The van der Waals surface area contributed by atoms with Gasteiger partial charge in [0.05, 0.1) is 19.3 Å². The third-order valence-corrected chi connectivity index (χ3v) is 1.91. The third-order valence-electron chi connectivity index (χ3n) is 1.91. The molecule has 13 heavy (non-hydrogen) atoms. The molecule has 1 heterocycles. The molecule has 1 saturated heterocycles. The lowest BCUT2D eigenvalue weighted by molar-refractivity contribution is -0.0568. The van der Waals surface area contributed by atoms with E-state index in [1.165, 1.54) is 6.42 Å². The second-order valence-electron chi connectivity index (χ2n) is 3.46. The molecule has 0 saturated carbocycles. The van der Waals surface area contributed by atoms with Crippen molar-refractivity contribution in [3.8, 4) is 0 Å². The first-order valence-corrected chi connectivity index (χ1v) is 5.15. The molecule has 0 radical (unpaired) electrons. The minimum atomic E-state index is 0.290. The van der Waals surface area contributed by atoms with Crippen LogP contribution in [0.1, 0.15) is 26.7 Å². The van der Waals surface area contributed by atoms with Crippen LogP contribution in [0.25, 0.3) is 0 Å². The van der Waals surface area contributed by atoms with Gasteiger partial charge in [-0.3, -0.25) is 4.90 Å². The van der Waals surface area contributed by atoms with Crippen molar-refractivity contribution in [1.29, 1.82) is 0 Å². The first kappa shape index (κ1) is 12.9. The molecule has 1 rings (SSSR count). The number of ether oxygens (including phenoxy) is 1. The van der Waals surface area contributed by atoms with Crippen molar-refractivity contribution in [3.05, 3.63) is 0 Å². The summed E-state index contributed by atoms with van der Waals surface area (Å²) < 4.78 is 5.03. The number of aliphatic hydroxyl groups excluding tert-OH is 1. The standard InChI is InChI=1S/C7H15NO2.C3H8/c1-8(3-2-4-9)7-5-10-6-7;1-3-2/h7,9H,2-6H2,1H3;3H2,1-2H3. The zero-order chi connectivity index (χ0) is 10.1. The maximum Gasteiger partial charge on any atom is 0.0645 e.